The average Bonchev–Trinajstić information content (AvgIpc) is 2.33. The van der Waals surface area contributed by atoms with Gasteiger partial charge in [-0.15, -0.1) is 0 Å². The fourth-order valence-corrected chi connectivity index (χ4v) is 1.31. The highest BCUT2D eigenvalue weighted by molar-refractivity contribution is 7.71. The van der Waals surface area contributed by atoms with Crippen LogP contribution in [0, 0.1) is 4.64 Å². The summed E-state index contributed by atoms with van der Waals surface area (Å²) in [4.78, 5) is 11.7. The summed E-state index contributed by atoms with van der Waals surface area (Å²) < 4.78 is 0.526. The number of hydrogen-bond donors (Lipinski definition) is 2. The monoisotopic (exact) mass is 231 g/mol. The Labute approximate surface area is 97.3 Å². The van der Waals surface area contributed by atoms with Crippen molar-refractivity contribution in [3.63, 3.8) is 0 Å². The highest BCUT2D eigenvalue weighted by Gasteiger charge is 2.04. The number of nitrogens with zero attached hydrogens (tertiary/aromatic N) is 1. The summed E-state index contributed by atoms with van der Waals surface area (Å²) in [5, 5.41) is 9.15. The molecule has 0 atom stereocenters. The van der Waals surface area contributed by atoms with Gasteiger partial charge >= 0.3 is 0 Å². The Hall–Kier alpha value is -2.01. The second kappa shape index (κ2) is 4.67. The molecule has 2 rings (SSSR count). The lowest BCUT2D eigenvalue weighted by Gasteiger charge is -2.02. The molecule has 0 spiro atoms. The minimum absolute atomic E-state index is 0.196. The van der Waals surface area contributed by atoms with Gasteiger partial charge in [0.15, 0.2) is 5.82 Å². The SMILES string of the molecule is O=C(Nc1ccc(=S)[nH]n1)c1ccccc1. The molecule has 0 bridgehead atoms. The third kappa shape index (κ3) is 2.52. The van der Waals surface area contributed by atoms with Gasteiger partial charge in [0.05, 0.1) is 0 Å². The Kier molecular flexibility index (Phi) is 3.07. The van der Waals surface area contributed by atoms with E-state index in [-0.39, 0.29) is 5.91 Å². The summed E-state index contributed by atoms with van der Waals surface area (Å²) in [5.41, 5.74) is 0.590. The number of amides is 1. The van der Waals surface area contributed by atoms with Crippen LogP contribution in [0.3, 0.4) is 0 Å². The number of aromatic amines is 1. The minimum atomic E-state index is -0.196. The highest BCUT2D eigenvalue weighted by Crippen LogP contribution is 2.04. The maximum atomic E-state index is 11.7. The van der Waals surface area contributed by atoms with Gasteiger partial charge in [0.1, 0.15) is 4.64 Å². The number of hydrogen-bond acceptors (Lipinski definition) is 3. The van der Waals surface area contributed by atoms with Gasteiger partial charge in [-0.3, -0.25) is 9.89 Å². The van der Waals surface area contributed by atoms with E-state index in [9.17, 15) is 4.79 Å². The Bertz CT molecular complexity index is 530. The maximum Gasteiger partial charge on any atom is 0.256 e. The zero-order valence-corrected chi connectivity index (χ0v) is 9.12. The third-order valence-corrected chi connectivity index (χ3v) is 2.18. The van der Waals surface area contributed by atoms with Crippen LogP contribution in [0.25, 0.3) is 0 Å². The smallest absolute Gasteiger partial charge is 0.256 e. The molecular weight excluding hydrogens is 222 g/mol. The van der Waals surface area contributed by atoms with Gasteiger partial charge in [0.25, 0.3) is 5.91 Å². The maximum absolute atomic E-state index is 11.7. The molecule has 1 aromatic heterocycles. The van der Waals surface area contributed by atoms with Crippen LogP contribution in [0.5, 0.6) is 0 Å². The predicted molar refractivity (Wildman–Crippen MR) is 63.8 cm³/mol. The Morgan fingerprint density at radius 2 is 1.94 bits per heavy atom. The molecule has 16 heavy (non-hydrogen) atoms. The van der Waals surface area contributed by atoms with Crippen LogP contribution in [0.1, 0.15) is 10.4 Å². The van der Waals surface area contributed by atoms with Crippen molar-refractivity contribution in [2.75, 3.05) is 5.32 Å². The first kappa shape index (κ1) is 10.5. The van der Waals surface area contributed by atoms with Crippen molar-refractivity contribution >= 4 is 23.9 Å². The molecule has 5 heteroatoms. The molecule has 0 saturated heterocycles. The molecule has 1 aromatic carbocycles. The van der Waals surface area contributed by atoms with E-state index in [4.69, 9.17) is 12.2 Å². The Morgan fingerprint density at radius 3 is 2.56 bits per heavy atom. The normalized spacial score (nSPS) is 9.75. The van der Waals surface area contributed by atoms with Crippen molar-refractivity contribution < 1.29 is 4.79 Å². The van der Waals surface area contributed by atoms with Gasteiger partial charge < -0.3 is 5.32 Å². The molecular formula is C11H9N3OS. The van der Waals surface area contributed by atoms with Crippen molar-refractivity contribution in [3.8, 4) is 0 Å². The first-order valence-electron chi connectivity index (χ1n) is 4.68. The largest absolute Gasteiger partial charge is 0.305 e. The van der Waals surface area contributed by atoms with Crippen LogP contribution in [-0.4, -0.2) is 16.1 Å². The van der Waals surface area contributed by atoms with Crippen molar-refractivity contribution in [1.29, 1.82) is 0 Å². The molecule has 0 aliphatic heterocycles. The number of nitrogens with one attached hydrogen (secondary N) is 2. The van der Waals surface area contributed by atoms with Crippen molar-refractivity contribution in [2.45, 2.75) is 0 Å². The van der Waals surface area contributed by atoms with Crippen LogP contribution in [0.4, 0.5) is 5.82 Å². The van der Waals surface area contributed by atoms with Gasteiger partial charge in [-0.05, 0) is 24.3 Å². The zero-order chi connectivity index (χ0) is 11.4. The van der Waals surface area contributed by atoms with E-state index in [1.54, 1.807) is 36.4 Å². The molecule has 0 unspecified atom stereocenters. The van der Waals surface area contributed by atoms with Gasteiger partial charge in [-0.25, -0.2) is 0 Å². The lowest BCUT2D eigenvalue weighted by atomic mass is 10.2. The topological polar surface area (TPSA) is 57.8 Å². The second-order valence-electron chi connectivity index (χ2n) is 3.13. The number of carbonyl (C=O) groups is 1. The number of carbonyl (C=O) groups excluding carboxylic acids is 1. The fourth-order valence-electron chi connectivity index (χ4n) is 1.19. The molecule has 4 nitrogen and oxygen atoms in total. The van der Waals surface area contributed by atoms with Crippen LogP contribution in [-0.2, 0) is 0 Å². The van der Waals surface area contributed by atoms with E-state index in [2.05, 4.69) is 15.5 Å². The Morgan fingerprint density at radius 1 is 1.19 bits per heavy atom. The van der Waals surface area contributed by atoms with Crippen LogP contribution >= 0.6 is 12.2 Å². The first-order valence-corrected chi connectivity index (χ1v) is 5.09. The van der Waals surface area contributed by atoms with Gasteiger partial charge in [-0.1, -0.05) is 30.4 Å². The lowest BCUT2D eigenvalue weighted by molar-refractivity contribution is 0.102. The number of aromatic nitrogens is 2. The molecule has 1 amide bonds. The molecule has 2 N–H and O–H groups in total. The highest BCUT2D eigenvalue weighted by atomic mass is 32.1. The van der Waals surface area contributed by atoms with E-state index >= 15 is 0 Å². The fraction of sp³-hybridized carbons (Fsp3) is 0. The summed E-state index contributed by atoms with van der Waals surface area (Å²) in [6.07, 6.45) is 0. The minimum Gasteiger partial charge on any atom is -0.305 e. The van der Waals surface area contributed by atoms with Crippen LogP contribution in [0.15, 0.2) is 42.5 Å². The summed E-state index contributed by atoms with van der Waals surface area (Å²) in [6.45, 7) is 0. The van der Waals surface area contributed by atoms with E-state index in [0.29, 0.717) is 16.0 Å². The zero-order valence-electron chi connectivity index (χ0n) is 8.31. The molecule has 0 radical (unpaired) electrons. The number of anilines is 1. The van der Waals surface area contributed by atoms with Gasteiger partial charge in [-0.2, -0.15) is 5.10 Å². The van der Waals surface area contributed by atoms with E-state index in [0.717, 1.165) is 0 Å². The molecule has 0 aliphatic rings. The molecule has 0 aliphatic carbocycles. The molecule has 80 valence electrons. The lowest BCUT2D eigenvalue weighted by Crippen LogP contribution is -2.12. The standard InChI is InChI=1S/C11H9N3OS/c15-11(8-4-2-1-3-5-8)12-9-6-7-10(16)14-13-9/h1-7H,(H,14,16)(H,12,13,15). The van der Waals surface area contributed by atoms with Crippen molar-refractivity contribution in [1.82, 2.24) is 10.2 Å². The van der Waals surface area contributed by atoms with Gasteiger partial charge in [0.2, 0.25) is 0 Å². The third-order valence-electron chi connectivity index (χ3n) is 1.96. The predicted octanol–water partition coefficient (Wildman–Crippen LogP) is 2.39. The quantitative estimate of drug-likeness (QED) is 0.780. The van der Waals surface area contributed by atoms with E-state index in [1.807, 2.05) is 6.07 Å². The first-order chi connectivity index (χ1) is 7.75. The van der Waals surface area contributed by atoms with Crippen LogP contribution in [0.2, 0.25) is 0 Å². The van der Waals surface area contributed by atoms with E-state index in [1.165, 1.54) is 0 Å². The molecule has 0 fully saturated rings. The average molecular weight is 231 g/mol. The Balaban J connectivity index is 2.14. The molecule has 0 saturated carbocycles. The van der Waals surface area contributed by atoms with Crippen molar-refractivity contribution in [3.05, 3.63) is 52.7 Å². The summed E-state index contributed by atoms with van der Waals surface area (Å²) in [6, 6.07) is 12.3. The number of H-pyrrole nitrogens is 1. The summed E-state index contributed by atoms with van der Waals surface area (Å²) in [5.74, 6) is 0.251. The summed E-state index contributed by atoms with van der Waals surface area (Å²) in [7, 11) is 0. The van der Waals surface area contributed by atoms with Crippen molar-refractivity contribution in [2.24, 2.45) is 0 Å². The molecule has 1 heterocycles. The second-order valence-corrected chi connectivity index (χ2v) is 3.57. The van der Waals surface area contributed by atoms with Crippen LogP contribution < -0.4 is 5.32 Å². The molecule has 2 aromatic rings. The number of rotatable bonds is 2. The van der Waals surface area contributed by atoms with Gasteiger partial charge in [0, 0.05) is 5.56 Å². The van der Waals surface area contributed by atoms with E-state index < -0.39 is 0 Å². The summed E-state index contributed by atoms with van der Waals surface area (Å²) >= 11 is 4.85. The number of benzene rings is 1.